The molecule has 5 nitrogen and oxygen atoms in total. The third-order valence-corrected chi connectivity index (χ3v) is 5.63. The smallest absolute Gasteiger partial charge is 0.137 e. The van der Waals surface area contributed by atoms with Gasteiger partial charge in [-0.1, -0.05) is 11.6 Å². The van der Waals surface area contributed by atoms with Crippen molar-refractivity contribution in [2.24, 2.45) is 0 Å². The second-order valence-corrected chi connectivity index (χ2v) is 7.43. The summed E-state index contributed by atoms with van der Waals surface area (Å²) in [5.74, 6) is 1.64. The number of benzene rings is 1. The molecule has 3 rings (SSSR count). The van der Waals surface area contributed by atoms with Gasteiger partial charge in [0.1, 0.15) is 11.5 Å². The fourth-order valence-electron chi connectivity index (χ4n) is 3.65. The molecule has 0 saturated carbocycles. The van der Waals surface area contributed by atoms with Crippen LogP contribution in [0.15, 0.2) is 36.7 Å². The van der Waals surface area contributed by atoms with Crippen LogP contribution in [0.1, 0.15) is 36.9 Å². The highest BCUT2D eigenvalue weighted by Gasteiger charge is 2.37. The van der Waals surface area contributed by atoms with E-state index in [9.17, 15) is 0 Å². The largest absolute Gasteiger partial charge is 0.496 e. The summed E-state index contributed by atoms with van der Waals surface area (Å²) in [7, 11) is 3.36. The van der Waals surface area contributed by atoms with Crippen molar-refractivity contribution in [3.8, 4) is 11.5 Å². The van der Waals surface area contributed by atoms with Crippen LogP contribution in [0.25, 0.3) is 0 Å². The van der Waals surface area contributed by atoms with Gasteiger partial charge in [0.2, 0.25) is 0 Å². The fraction of sp³-hybridized carbons (Fsp3) is 0.476. The Bertz CT molecular complexity index is 763. The second kappa shape index (κ2) is 8.91. The van der Waals surface area contributed by atoms with Crippen LogP contribution in [0.5, 0.6) is 11.5 Å². The van der Waals surface area contributed by atoms with E-state index in [2.05, 4.69) is 17.2 Å². The monoisotopic (exact) mass is 390 g/mol. The molecule has 6 heteroatoms. The van der Waals surface area contributed by atoms with E-state index in [1.165, 1.54) is 0 Å². The highest BCUT2D eigenvalue weighted by molar-refractivity contribution is 6.30. The van der Waals surface area contributed by atoms with Crippen LogP contribution >= 0.6 is 11.6 Å². The van der Waals surface area contributed by atoms with Crippen molar-refractivity contribution in [1.29, 1.82) is 0 Å². The number of pyridine rings is 1. The Morgan fingerprint density at radius 2 is 1.96 bits per heavy atom. The van der Waals surface area contributed by atoms with Crippen LogP contribution in [-0.4, -0.2) is 39.0 Å². The molecule has 2 aromatic rings. The van der Waals surface area contributed by atoms with Gasteiger partial charge >= 0.3 is 0 Å². The SMILES string of the molecule is COc1cncc(C(C)NCC2(c3cc(Cl)ccc3OC)CCOCC2)c1. The van der Waals surface area contributed by atoms with Crippen molar-refractivity contribution in [3.63, 3.8) is 0 Å². The number of hydrogen-bond donors (Lipinski definition) is 1. The van der Waals surface area contributed by atoms with E-state index in [-0.39, 0.29) is 11.5 Å². The Morgan fingerprint density at radius 1 is 1.19 bits per heavy atom. The molecule has 1 fully saturated rings. The minimum Gasteiger partial charge on any atom is -0.496 e. The number of nitrogens with one attached hydrogen (secondary N) is 1. The van der Waals surface area contributed by atoms with E-state index in [0.717, 1.165) is 60.2 Å². The van der Waals surface area contributed by atoms with E-state index in [0.29, 0.717) is 0 Å². The summed E-state index contributed by atoms with van der Waals surface area (Å²) in [6, 6.07) is 8.00. The molecule has 1 aliphatic rings. The predicted molar refractivity (Wildman–Crippen MR) is 107 cm³/mol. The molecule has 1 aliphatic heterocycles. The molecule has 1 atom stereocenters. The zero-order chi connectivity index (χ0) is 19.3. The van der Waals surface area contributed by atoms with Crippen LogP contribution in [0.3, 0.4) is 0 Å². The zero-order valence-corrected chi connectivity index (χ0v) is 16.9. The van der Waals surface area contributed by atoms with Gasteiger partial charge < -0.3 is 19.5 Å². The third-order valence-electron chi connectivity index (χ3n) is 5.40. The molecule has 0 radical (unpaired) electrons. The lowest BCUT2D eigenvalue weighted by Gasteiger charge is -2.39. The number of hydrogen-bond acceptors (Lipinski definition) is 5. The summed E-state index contributed by atoms with van der Waals surface area (Å²) >= 11 is 6.32. The van der Waals surface area contributed by atoms with Crippen LogP contribution in [0, 0.1) is 0 Å². The van der Waals surface area contributed by atoms with E-state index in [1.807, 2.05) is 30.5 Å². The predicted octanol–water partition coefficient (Wildman–Crippen LogP) is 4.15. The molecule has 2 heterocycles. The molecule has 0 bridgehead atoms. The average molecular weight is 391 g/mol. The van der Waals surface area contributed by atoms with Crippen LogP contribution in [0.2, 0.25) is 5.02 Å². The Balaban J connectivity index is 1.84. The maximum absolute atomic E-state index is 6.32. The van der Waals surface area contributed by atoms with Crippen LogP contribution in [0.4, 0.5) is 0 Å². The van der Waals surface area contributed by atoms with Crippen molar-refractivity contribution >= 4 is 11.6 Å². The molecule has 0 amide bonds. The number of nitrogens with zero attached hydrogens (tertiary/aromatic N) is 1. The molecule has 0 spiro atoms. The standard InChI is InChI=1S/C21H27ClN2O3/c1-15(16-10-18(25-2)13-23-12-16)24-14-21(6-8-27-9-7-21)19-11-17(22)4-5-20(19)26-3/h4-5,10-13,15,24H,6-9,14H2,1-3H3. The van der Waals surface area contributed by atoms with Crippen molar-refractivity contribution in [2.75, 3.05) is 34.0 Å². The topological polar surface area (TPSA) is 52.6 Å². The summed E-state index contributed by atoms with van der Waals surface area (Å²) in [5, 5.41) is 4.40. The highest BCUT2D eigenvalue weighted by atomic mass is 35.5. The molecule has 1 aromatic carbocycles. The summed E-state index contributed by atoms with van der Waals surface area (Å²) in [4.78, 5) is 4.26. The molecule has 1 saturated heterocycles. The molecule has 146 valence electrons. The van der Waals surface area contributed by atoms with E-state index in [4.69, 9.17) is 25.8 Å². The highest BCUT2D eigenvalue weighted by Crippen LogP contribution is 2.41. The Labute approximate surface area is 166 Å². The second-order valence-electron chi connectivity index (χ2n) is 7.00. The van der Waals surface area contributed by atoms with Crippen molar-refractivity contribution in [2.45, 2.75) is 31.2 Å². The van der Waals surface area contributed by atoms with E-state index < -0.39 is 0 Å². The van der Waals surface area contributed by atoms with Crippen molar-refractivity contribution in [3.05, 3.63) is 52.8 Å². The Hall–Kier alpha value is -1.82. The van der Waals surface area contributed by atoms with Crippen LogP contribution in [-0.2, 0) is 10.2 Å². The molecule has 27 heavy (non-hydrogen) atoms. The first-order valence-electron chi connectivity index (χ1n) is 9.22. The maximum Gasteiger partial charge on any atom is 0.137 e. The van der Waals surface area contributed by atoms with Gasteiger partial charge in [-0.15, -0.1) is 0 Å². The Morgan fingerprint density at radius 3 is 2.67 bits per heavy atom. The lowest BCUT2D eigenvalue weighted by atomic mass is 9.73. The summed E-state index contributed by atoms with van der Waals surface area (Å²) in [6.45, 7) is 4.39. The lowest BCUT2D eigenvalue weighted by molar-refractivity contribution is 0.0482. The number of aromatic nitrogens is 1. The summed E-state index contributed by atoms with van der Waals surface area (Å²) in [5.41, 5.74) is 2.15. The van der Waals surface area contributed by atoms with Gasteiger partial charge in [-0.05, 0) is 49.6 Å². The van der Waals surface area contributed by atoms with Crippen LogP contribution < -0.4 is 14.8 Å². The first kappa shape index (κ1) is 19.9. The minimum absolute atomic E-state index is 0.0882. The third kappa shape index (κ3) is 4.54. The zero-order valence-electron chi connectivity index (χ0n) is 16.1. The Kier molecular flexibility index (Phi) is 6.58. The normalized spacial score (nSPS) is 17.3. The summed E-state index contributed by atoms with van der Waals surface area (Å²) in [6.07, 6.45) is 5.42. The molecule has 1 unspecified atom stereocenters. The minimum atomic E-state index is -0.0882. The first-order valence-corrected chi connectivity index (χ1v) is 9.60. The summed E-state index contributed by atoms with van der Waals surface area (Å²) < 4.78 is 16.6. The molecular formula is C21H27ClN2O3. The quantitative estimate of drug-likeness (QED) is 0.769. The molecule has 1 aromatic heterocycles. The van der Waals surface area contributed by atoms with Crippen molar-refractivity contribution in [1.82, 2.24) is 10.3 Å². The van der Waals surface area contributed by atoms with Gasteiger partial charge in [0, 0.05) is 48.0 Å². The number of halogens is 1. The first-order chi connectivity index (χ1) is 13.1. The van der Waals surface area contributed by atoms with Gasteiger partial charge in [0.25, 0.3) is 0 Å². The fourth-order valence-corrected chi connectivity index (χ4v) is 3.82. The number of rotatable bonds is 7. The maximum atomic E-state index is 6.32. The van der Waals surface area contributed by atoms with Gasteiger partial charge in [0.15, 0.2) is 0 Å². The van der Waals surface area contributed by atoms with Gasteiger partial charge in [0.05, 0.1) is 20.4 Å². The van der Waals surface area contributed by atoms with Gasteiger partial charge in [-0.25, -0.2) is 0 Å². The van der Waals surface area contributed by atoms with Gasteiger partial charge in [-0.3, -0.25) is 4.98 Å². The van der Waals surface area contributed by atoms with Gasteiger partial charge in [-0.2, -0.15) is 0 Å². The molecule has 1 N–H and O–H groups in total. The molecule has 0 aliphatic carbocycles. The molecular weight excluding hydrogens is 364 g/mol. The number of methoxy groups -OCH3 is 2. The number of ether oxygens (including phenoxy) is 3. The lowest BCUT2D eigenvalue weighted by Crippen LogP contribution is -2.43. The van der Waals surface area contributed by atoms with E-state index in [1.54, 1.807) is 20.4 Å². The van der Waals surface area contributed by atoms with E-state index >= 15 is 0 Å². The average Bonchev–Trinajstić information content (AvgIpc) is 2.72. The van der Waals surface area contributed by atoms with Crippen molar-refractivity contribution < 1.29 is 14.2 Å².